The predicted octanol–water partition coefficient (Wildman–Crippen LogP) is 4.33. The number of hydrogen-bond donors (Lipinski definition) is 5. The van der Waals surface area contributed by atoms with Crippen molar-refractivity contribution in [1.82, 2.24) is 21.3 Å². The fourth-order valence-electron chi connectivity index (χ4n) is 12.0. The van der Waals surface area contributed by atoms with E-state index >= 15 is 0 Å². The van der Waals surface area contributed by atoms with Gasteiger partial charge in [-0.1, -0.05) is 48.5 Å². The van der Waals surface area contributed by atoms with Gasteiger partial charge in [0.2, 0.25) is 23.5 Å². The van der Waals surface area contributed by atoms with E-state index in [0.29, 0.717) is 38.5 Å². The van der Waals surface area contributed by atoms with Crippen LogP contribution in [0.5, 0.6) is 17.2 Å². The van der Waals surface area contributed by atoms with Crippen molar-refractivity contribution < 1.29 is 114 Å². The molecule has 5 N–H and O–H groups in total. The Hall–Kier alpha value is -5.08. The van der Waals surface area contributed by atoms with E-state index in [9.17, 15) is 33.9 Å². The van der Waals surface area contributed by atoms with Crippen molar-refractivity contribution in [3.8, 4) is 17.2 Å². The Labute approximate surface area is 554 Å². The Morgan fingerprint density at radius 1 is 0.426 bits per heavy atom. The lowest BCUT2D eigenvalue weighted by Gasteiger charge is -2.44. The summed E-state index contributed by atoms with van der Waals surface area (Å²) in [6.45, 7) is 23.9. The number of amides is 4. The number of ether oxygens (including phenoxy) is 17. The van der Waals surface area contributed by atoms with Crippen LogP contribution in [0.3, 0.4) is 0 Å². The summed E-state index contributed by atoms with van der Waals surface area (Å²) in [5, 5.41) is 21.9. The molecule has 4 aliphatic rings. The molecule has 4 fully saturated rings. The van der Waals surface area contributed by atoms with Gasteiger partial charge in [-0.15, -0.1) is 0 Å². The monoisotopic (exact) mass is 1340 g/mol. The van der Waals surface area contributed by atoms with E-state index in [1.165, 1.54) is 34.6 Å². The standard InChI is InChI=1S/C66H110N4O24/c1-13-52-40(4)41(5)57(67-44(8)71)64(92-52)87-35-29-81-23-20-78-26-32-84-55-38-49(63(77)70-50-16-18-51(76)19-17-50)39-56(85-33-27-79-21-24-82-30-36-88-65-58(68-45(9)72)60(90-47(11)74)42(6)53(14-2)93-65)62(55)86-34-28-80-22-25-83-31-37-89-66-59(69-46(10)73)61(91-48(12)75)43(7)54(15-3)94-66/h38-43,50-54,57-61,64-66,76H,13-37H2,1-12H3,(H,67,71)(H,68,72)(H,69,73)(H,70,77)/t40-,41+,42+,43+,50?,51?,52-,53-,54-,57-,58-,59-,60+,61+,64-,65-,66-/m1/s1. The highest BCUT2D eigenvalue weighted by Crippen LogP contribution is 2.40. The minimum absolute atomic E-state index is 0.00658. The molecule has 4 amide bonds. The molecule has 0 aromatic heterocycles. The van der Waals surface area contributed by atoms with Crippen LogP contribution in [-0.2, 0) is 90.3 Å². The largest absolute Gasteiger partial charge is 0.487 e. The van der Waals surface area contributed by atoms with E-state index in [1.54, 1.807) is 12.1 Å². The zero-order chi connectivity index (χ0) is 68.5. The van der Waals surface area contributed by atoms with E-state index < -0.39 is 61.2 Å². The Kier molecular flexibility index (Phi) is 36.6. The van der Waals surface area contributed by atoms with E-state index in [1.807, 2.05) is 27.7 Å². The van der Waals surface area contributed by atoms with Gasteiger partial charge < -0.3 is 107 Å². The maximum absolute atomic E-state index is 14.0. The van der Waals surface area contributed by atoms with Crippen LogP contribution in [0, 0.1) is 23.7 Å². The summed E-state index contributed by atoms with van der Waals surface area (Å²) >= 11 is 0. The average Bonchev–Trinajstić information content (AvgIpc) is 0.832. The first-order chi connectivity index (χ1) is 45.1. The molecule has 3 heterocycles. The molecule has 3 aliphatic heterocycles. The summed E-state index contributed by atoms with van der Waals surface area (Å²) in [5.41, 5.74) is 0.249. The van der Waals surface area contributed by atoms with Gasteiger partial charge in [-0.2, -0.15) is 0 Å². The van der Waals surface area contributed by atoms with Crippen molar-refractivity contribution in [2.75, 3.05) is 119 Å². The van der Waals surface area contributed by atoms with Gasteiger partial charge in [-0.05, 0) is 68.9 Å². The van der Waals surface area contributed by atoms with Gasteiger partial charge in [-0.25, -0.2) is 0 Å². The molecular formula is C66H110N4O24. The summed E-state index contributed by atoms with van der Waals surface area (Å²) in [5.74, 6) is -1.47. The van der Waals surface area contributed by atoms with E-state index in [4.69, 9.17) is 80.5 Å². The number of aliphatic hydroxyl groups excluding tert-OH is 1. The first kappa shape index (κ1) is 79.6. The fourth-order valence-corrected chi connectivity index (χ4v) is 12.0. The van der Waals surface area contributed by atoms with Gasteiger partial charge in [0, 0.05) is 58.1 Å². The highest BCUT2D eigenvalue weighted by molar-refractivity contribution is 5.96. The van der Waals surface area contributed by atoms with Crippen LogP contribution in [0.15, 0.2) is 12.1 Å². The number of rotatable bonds is 43. The minimum atomic E-state index is -0.878. The fraction of sp³-hybridized carbons (Fsp3) is 0.818. The zero-order valence-electron chi connectivity index (χ0n) is 57.5. The van der Waals surface area contributed by atoms with Crippen molar-refractivity contribution >= 4 is 35.6 Å². The number of carbonyl (C=O) groups excluding carboxylic acids is 6. The molecule has 94 heavy (non-hydrogen) atoms. The van der Waals surface area contributed by atoms with Crippen molar-refractivity contribution in [3.05, 3.63) is 17.7 Å². The van der Waals surface area contributed by atoms with E-state index in [0.717, 1.165) is 6.42 Å². The Morgan fingerprint density at radius 3 is 1.12 bits per heavy atom. The number of esters is 2. The van der Waals surface area contributed by atoms with Crippen LogP contribution < -0.4 is 35.5 Å². The smallest absolute Gasteiger partial charge is 0.302 e. The van der Waals surface area contributed by atoms with Gasteiger partial charge in [0.25, 0.3) is 5.91 Å². The second-order valence-corrected chi connectivity index (χ2v) is 24.2. The molecule has 1 aromatic rings. The first-order valence-corrected chi connectivity index (χ1v) is 33.6. The van der Waals surface area contributed by atoms with Gasteiger partial charge >= 0.3 is 11.9 Å². The highest BCUT2D eigenvalue weighted by Gasteiger charge is 2.48. The molecule has 15 atom stereocenters. The molecule has 28 nitrogen and oxygen atoms in total. The zero-order valence-corrected chi connectivity index (χ0v) is 57.5. The summed E-state index contributed by atoms with van der Waals surface area (Å²) in [6.07, 6.45) is -0.122. The molecule has 5 rings (SSSR count). The molecule has 28 heteroatoms. The van der Waals surface area contributed by atoms with Crippen molar-refractivity contribution in [3.63, 3.8) is 0 Å². The molecule has 3 saturated heterocycles. The van der Waals surface area contributed by atoms with Crippen molar-refractivity contribution in [1.29, 1.82) is 0 Å². The quantitative estimate of drug-likeness (QED) is 0.0449. The summed E-state index contributed by atoms with van der Waals surface area (Å²) in [4.78, 5) is 74.4. The van der Waals surface area contributed by atoms with Gasteiger partial charge in [0.1, 0.15) is 44.1 Å². The van der Waals surface area contributed by atoms with Gasteiger partial charge in [0.05, 0.1) is 130 Å². The van der Waals surface area contributed by atoms with Crippen molar-refractivity contribution in [2.24, 2.45) is 23.7 Å². The Balaban J connectivity index is 1.17. The van der Waals surface area contributed by atoms with E-state index in [-0.39, 0.29) is 219 Å². The Bertz CT molecular complexity index is 2400. The molecular weight excluding hydrogens is 1230 g/mol. The molecule has 0 unspecified atom stereocenters. The molecule has 1 saturated carbocycles. The first-order valence-electron chi connectivity index (χ1n) is 33.6. The lowest BCUT2D eigenvalue weighted by Crippen LogP contribution is -2.62. The SMILES string of the molecule is CC[C@H]1O[C@@H](OCCOCCOCCOc2cc(C(=O)NC3CCC(O)CC3)cc(OCCOCCOCCO[C@@H]3O[C@H](CC)[C@H](C)[C@H](OC(C)=O)[C@H]3NC(C)=O)c2OCCOCCOCCO[C@@H]2O[C@H](CC)[C@H](C)[C@H](OC(C)=O)[C@H]2NC(C)=O)[C@H](NC(C)=O)[C@@H](C)[C@H]1C. The lowest BCUT2D eigenvalue weighted by atomic mass is 9.81. The lowest BCUT2D eigenvalue weighted by molar-refractivity contribution is -0.256. The van der Waals surface area contributed by atoms with Crippen LogP contribution in [0.25, 0.3) is 0 Å². The number of carbonyl (C=O) groups is 6. The maximum atomic E-state index is 14.0. The van der Waals surface area contributed by atoms with E-state index in [2.05, 4.69) is 42.0 Å². The Morgan fingerprint density at radius 2 is 0.755 bits per heavy atom. The summed E-state index contributed by atoms with van der Waals surface area (Å²) in [7, 11) is 0. The minimum Gasteiger partial charge on any atom is -0.487 e. The summed E-state index contributed by atoms with van der Waals surface area (Å²) in [6, 6.07) is 1.28. The average molecular weight is 1340 g/mol. The number of nitrogens with one attached hydrogen (secondary N) is 4. The van der Waals surface area contributed by atoms with Crippen LogP contribution in [0.4, 0.5) is 0 Å². The second kappa shape index (κ2) is 43.3. The number of hydrogen-bond acceptors (Lipinski definition) is 24. The number of aliphatic hydroxyl groups is 1. The predicted molar refractivity (Wildman–Crippen MR) is 339 cm³/mol. The summed E-state index contributed by atoms with van der Waals surface area (Å²) < 4.78 is 102. The molecule has 0 spiro atoms. The third kappa shape index (κ3) is 27.1. The van der Waals surface area contributed by atoms with Crippen LogP contribution >= 0.6 is 0 Å². The normalized spacial score (nSPS) is 28.5. The molecule has 0 radical (unpaired) electrons. The molecule has 1 aliphatic carbocycles. The van der Waals surface area contributed by atoms with Crippen LogP contribution in [-0.4, -0.2) is 239 Å². The topological polar surface area (TPSA) is 328 Å². The molecule has 0 bridgehead atoms. The van der Waals surface area contributed by atoms with Crippen LogP contribution in [0.2, 0.25) is 0 Å². The van der Waals surface area contributed by atoms with Crippen LogP contribution in [0.1, 0.15) is 138 Å². The highest BCUT2D eigenvalue weighted by atomic mass is 16.7. The van der Waals surface area contributed by atoms with Crippen molar-refractivity contribution in [2.45, 2.75) is 208 Å². The third-order valence-corrected chi connectivity index (χ3v) is 17.0. The second-order valence-electron chi connectivity index (χ2n) is 24.2. The third-order valence-electron chi connectivity index (χ3n) is 17.0. The maximum Gasteiger partial charge on any atom is 0.302 e. The van der Waals surface area contributed by atoms with Gasteiger partial charge in [-0.3, -0.25) is 28.8 Å². The molecule has 1 aromatic carbocycles. The van der Waals surface area contributed by atoms with Gasteiger partial charge in [0.15, 0.2) is 30.4 Å². The number of benzene rings is 1. The molecule has 538 valence electrons.